The molecule has 0 radical (unpaired) electrons. The Balaban J connectivity index is 1.65. The summed E-state index contributed by atoms with van der Waals surface area (Å²) in [4.78, 5) is 32.6. The van der Waals surface area contributed by atoms with Gasteiger partial charge < -0.3 is 20.1 Å². The van der Waals surface area contributed by atoms with Gasteiger partial charge in [-0.05, 0) is 49.9 Å². The Morgan fingerprint density at radius 2 is 2.03 bits per heavy atom. The number of ether oxygens (including phenoxy) is 2. The topological polar surface area (TPSA) is 102 Å². The maximum Gasteiger partial charge on any atom is 0.330 e. The Bertz CT molecular complexity index is 1260. The molecule has 2 N–H and O–H groups in total. The van der Waals surface area contributed by atoms with E-state index in [9.17, 15) is 14.0 Å². The molecular formula is C24H22ClFN4O4. The molecule has 1 saturated carbocycles. The summed E-state index contributed by atoms with van der Waals surface area (Å²) >= 11 is 5.89. The lowest BCUT2D eigenvalue weighted by Crippen LogP contribution is -2.12. The normalized spacial score (nSPS) is 13.1. The second-order valence-electron chi connectivity index (χ2n) is 7.67. The highest BCUT2D eigenvalue weighted by Gasteiger charge is 2.23. The van der Waals surface area contributed by atoms with Crippen molar-refractivity contribution in [1.29, 1.82) is 0 Å². The Morgan fingerprint density at radius 1 is 1.21 bits per heavy atom. The molecule has 1 aromatic heterocycles. The number of aromatic nitrogens is 2. The number of hydrogen-bond donors (Lipinski definition) is 2. The number of nitrogens with one attached hydrogen (secondary N) is 2. The van der Waals surface area contributed by atoms with Crippen molar-refractivity contribution in [2.75, 3.05) is 23.8 Å². The summed E-state index contributed by atoms with van der Waals surface area (Å²) in [6.45, 7) is 2.42. The van der Waals surface area contributed by atoms with Gasteiger partial charge in [0.2, 0.25) is 5.91 Å². The van der Waals surface area contributed by atoms with Crippen LogP contribution in [0.4, 0.5) is 21.6 Å². The molecule has 176 valence electrons. The van der Waals surface area contributed by atoms with Gasteiger partial charge in [-0.2, -0.15) is 0 Å². The van der Waals surface area contributed by atoms with E-state index in [-0.39, 0.29) is 11.6 Å². The molecule has 2 aromatic carbocycles. The molecule has 4 rings (SSSR count). The SMILES string of the molecule is CCOC(=O)/C=C/C(=O)Nc1cc2c(Nc3ccc(F)c(Cl)c3)ncnc2cc1OCC1CC1. The molecule has 34 heavy (non-hydrogen) atoms. The highest BCUT2D eigenvalue weighted by atomic mass is 35.5. The molecule has 10 heteroatoms. The van der Waals surface area contributed by atoms with Crippen LogP contribution in [0.3, 0.4) is 0 Å². The first kappa shape index (κ1) is 23.4. The standard InChI is InChI=1S/C24H22ClFN4O4/c1-2-33-23(32)8-7-22(31)30-20-10-16-19(11-21(20)34-12-14-3-4-14)27-13-28-24(16)29-15-5-6-18(26)17(25)9-15/h5-11,13-14H,2-4,12H2,1H3,(H,30,31)(H,27,28,29)/b8-7+. The van der Waals surface area contributed by atoms with Gasteiger partial charge in [-0.15, -0.1) is 0 Å². The maximum atomic E-state index is 13.5. The van der Waals surface area contributed by atoms with Crippen molar-refractivity contribution in [1.82, 2.24) is 9.97 Å². The van der Waals surface area contributed by atoms with E-state index in [1.807, 2.05) is 0 Å². The number of esters is 1. The van der Waals surface area contributed by atoms with Crippen molar-refractivity contribution in [3.8, 4) is 5.75 Å². The second kappa shape index (κ2) is 10.5. The molecule has 0 aliphatic heterocycles. The predicted molar refractivity (Wildman–Crippen MR) is 127 cm³/mol. The van der Waals surface area contributed by atoms with Gasteiger partial charge in [0.05, 0.1) is 29.4 Å². The minimum atomic E-state index is -0.612. The van der Waals surface area contributed by atoms with E-state index in [2.05, 4.69) is 20.6 Å². The van der Waals surface area contributed by atoms with Gasteiger partial charge in [0.15, 0.2) is 0 Å². The van der Waals surface area contributed by atoms with Crippen LogP contribution >= 0.6 is 11.6 Å². The van der Waals surface area contributed by atoms with Crippen LogP contribution in [-0.4, -0.2) is 35.1 Å². The summed E-state index contributed by atoms with van der Waals surface area (Å²) in [5.41, 5.74) is 1.50. The van der Waals surface area contributed by atoms with Gasteiger partial charge in [-0.25, -0.2) is 19.2 Å². The number of benzene rings is 2. The molecule has 1 heterocycles. The highest BCUT2D eigenvalue weighted by molar-refractivity contribution is 6.31. The first-order valence-corrected chi connectivity index (χ1v) is 11.1. The zero-order valence-corrected chi connectivity index (χ0v) is 19.1. The van der Waals surface area contributed by atoms with Gasteiger partial charge in [0.25, 0.3) is 0 Å². The molecule has 0 saturated heterocycles. The van der Waals surface area contributed by atoms with Gasteiger partial charge in [-0.3, -0.25) is 4.79 Å². The summed E-state index contributed by atoms with van der Waals surface area (Å²) in [7, 11) is 0. The zero-order valence-electron chi connectivity index (χ0n) is 18.3. The lowest BCUT2D eigenvalue weighted by atomic mass is 10.1. The summed E-state index contributed by atoms with van der Waals surface area (Å²) in [6.07, 6.45) is 5.75. The predicted octanol–water partition coefficient (Wildman–Crippen LogP) is 5.01. The van der Waals surface area contributed by atoms with Gasteiger partial charge in [-0.1, -0.05) is 11.6 Å². The van der Waals surface area contributed by atoms with Crippen molar-refractivity contribution in [3.05, 3.63) is 59.7 Å². The third kappa shape index (κ3) is 5.99. The number of rotatable bonds is 9. The third-order valence-electron chi connectivity index (χ3n) is 5.01. The Labute approximate surface area is 200 Å². The summed E-state index contributed by atoms with van der Waals surface area (Å²) in [5.74, 6) is -0.294. The molecule has 0 atom stereocenters. The van der Waals surface area contributed by atoms with Crippen LogP contribution in [0.25, 0.3) is 10.9 Å². The van der Waals surface area contributed by atoms with Crippen LogP contribution < -0.4 is 15.4 Å². The number of halogens is 2. The van der Waals surface area contributed by atoms with Crippen molar-refractivity contribution < 1.29 is 23.5 Å². The molecule has 1 aliphatic carbocycles. The van der Waals surface area contributed by atoms with Crippen LogP contribution in [0.1, 0.15) is 19.8 Å². The fourth-order valence-electron chi connectivity index (χ4n) is 3.11. The van der Waals surface area contributed by atoms with Crippen LogP contribution in [0.2, 0.25) is 5.02 Å². The monoisotopic (exact) mass is 484 g/mol. The molecule has 1 amide bonds. The average Bonchev–Trinajstić information content (AvgIpc) is 3.64. The number of carbonyl (C=O) groups excluding carboxylic acids is 2. The zero-order chi connectivity index (χ0) is 24.1. The fourth-order valence-corrected chi connectivity index (χ4v) is 3.29. The molecule has 1 fully saturated rings. The summed E-state index contributed by atoms with van der Waals surface area (Å²) in [6, 6.07) is 7.62. The molecule has 8 nitrogen and oxygen atoms in total. The maximum absolute atomic E-state index is 13.5. The number of carbonyl (C=O) groups is 2. The molecule has 0 bridgehead atoms. The number of nitrogens with zero attached hydrogens (tertiary/aromatic N) is 2. The largest absolute Gasteiger partial charge is 0.491 e. The van der Waals surface area contributed by atoms with E-state index in [0.29, 0.717) is 46.4 Å². The van der Waals surface area contributed by atoms with Crippen molar-refractivity contribution in [3.63, 3.8) is 0 Å². The second-order valence-corrected chi connectivity index (χ2v) is 8.08. The summed E-state index contributed by atoms with van der Waals surface area (Å²) < 4.78 is 24.3. The minimum absolute atomic E-state index is 0.0273. The van der Waals surface area contributed by atoms with Gasteiger partial charge in [0.1, 0.15) is 23.7 Å². The lowest BCUT2D eigenvalue weighted by Gasteiger charge is -2.15. The summed E-state index contributed by atoms with van der Waals surface area (Å²) in [5, 5.41) is 6.40. The minimum Gasteiger partial charge on any atom is -0.491 e. The number of anilines is 3. The molecule has 0 unspecified atom stereocenters. The van der Waals surface area contributed by atoms with Crippen LogP contribution in [-0.2, 0) is 14.3 Å². The Kier molecular flexibility index (Phi) is 7.22. The molecular weight excluding hydrogens is 463 g/mol. The fraction of sp³-hybridized carbons (Fsp3) is 0.250. The molecule has 0 spiro atoms. The Morgan fingerprint density at radius 3 is 2.76 bits per heavy atom. The molecule has 3 aromatic rings. The molecule has 1 aliphatic rings. The van der Waals surface area contributed by atoms with E-state index < -0.39 is 17.7 Å². The average molecular weight is 485 g/mol. The van der Waals surface area contributed by atoms with E-state index in [4.69, 9.17) is 21.1 Å². The lowest BCUT2D eigenvalue weighted by molar-refractivity contribution is -0.137. The highest BCUT2D eigenvalue weighted by Crippen LogP contribution is 2.36. The van der Waals surface area contributed by atoms with E-state index in [1.165, 1.54) is 24.5 Å². The Hall–Kier alpha value is -3.72. The number of amides is 1. The van der Waals surface area contributed by atoms with Gasteiger partial charge in [0, 0.05) is 29.3 Å². The third-order valence-corrected chi connectivity index (χ3v) is 5.30. The number of fused-ring (bicyclic) bond motifs is 1. The van der Waals surface area contributed by atoms with Crippen molar-refractivity contribution >= 4 is 51.6 Å². The van der Waals surface area contributed by atoms with E-state index >= 15 is 0 Å². The van der Waals surface area contributed by atoms with E-state index in [1.54, 1.807) is 19.1 Å². The van der Waals surface area contributed by atoms with Crippen LogP contribution in [0, 0.1) is 11.7 Å². The first-order chi connectivity index (χ1) is 16.4. The smallest absolute Gasteiger partial charge is 0.330 e. The van der Waals surface area contributed by atoms with Gasteiger partial charge >= 0.3 is 5.97 Å². The van der Waals surface area contributed by atoms with Crippen molar-refractivity contribution in [2.24, 2.45) is 5.92 Å². The van der Waals surface area contributed by atoms with Crippen LogP contribution in [0.5, 0.6) is 5.75 Å². The number of hydrogen-bond acceptors (Lipinski definition) is 7. The van der Waals surface area contributed by atoms with Crippen molar-refractivity contribution in [2.45, 2.75) is 19.8 Å². The quantitative estimate of drug-likeness (QED) is 0.325. The van der Waals surface area contributed by atoms with E-state index in [0.717, 1.165) is 25.0 Å². The van der Waals surface area contributed by atoms with Crippen LogP contribution in [0.15, 0.2) is 48.8 Å². The first-order valence-electron chi connectivity index (χ1n) is 10.7.